The van der Waals surface area contributed by atoms with Gasteiger partial charge in [-0.25, -0.2) is 9.97 Å². The summed E-state index contributed by atoms with van der Waals surface area (Å²) in [6, 6.07) is 0. The van der Waals surface area contributed by atoms with Crippen molar-refractivity contribution in [3.05, 3.63) is 17.6 Å². The molecule has 1 amide bonds. The van der Waals surface area contributed by atoms with Crippen molar-refractivity contribution >= 4 is 22.8 Å². The van der Waals surface area contributed by atoms with Crippen LogP contribution in [0.3, 0.4) is 0 Å². The first-order valence-electron chi connectivity index (χ1n) is 7.29. The van der Waals surface area contributed by atoms with Crippen molar-refractivity contribution in [1.29, 1.82) is 0 Å². The van der Waals surface area contributed by atoms with Gasteiger partial charge in [0, 0.05) is 6.20 Å². The van der Waals surface area contributed by atoms with E-state index in [4.69, 9.17) is 16.2 Å². The van der Waals surface area contributed by atoms with Crippen LogP contribution < -0.4 is 11.5 Å². The van der Waals surface area contributed by atoms with Crippen molar-refractivity contribution in [2.24, 2.45) is 5.73 Å². The first-order chi connectivity index (χ1) is 11.2. The Morgan fingerprint density at radius 2 is 2.17 bits per heavy atom. The minimum Gasteiger partial charge on any atom is -0.394 e. The van der Waals surface area contributed by atoms with E-state index in [-0.39, 0.29) is 22.4 Å². The van der Waals surface area contributed by atoms with Gasteiger partial charge in [-0.05, 0) is 13.8 Å². The Bertz CT molecular complexity index is 817. The molecule has 0 radical (unpaired) electrons. The molecule has 1 aliphatic heterocycles. The number of hydrogen-bond acceptors (Lipinski definition) is 8. The molecule has 24 heavy (non-hydrogen) atoms. The van der Waals surface area contributed by atoms with Gasteiger partial charge in [-0.2, -0.15) is 0 Å². The number of carbonyl (C=O) groups excluding carboxylic acids is 1. The minimum atomic E-state index is -1.73. The van der Waals surface area contributed by atoms with Gasteiger partial charge < -0.3 is 36.1 Å². The van der Waals surface area contributed by atoms with E-state index in [1.807, 2.05) is 0 Å². The van der Waals surface area contributed by atoms with Gasteiger partial charge in [0.25, 0.3) is 5.91 Å². The molecule has 130 valence electrons. The second kappa shape index (κ2) is 5.38. The second-order valence-electron chi connectivity index (χ2n) is 6.05. The highest BCUT2D eigenvalue weighted by Crippen LogP contribution is 2.40. The lowest BCUT2D eigenvalue weighted by Gasteiger charge is -2.27. The molecule has 0 spiro atoms. The fraction of sp³-hybridized carbons (Fsp3) is 0.500. The van der Waals surface area contributed by atoms with Gasteiger partial charge in [-0.15, -0.1) is 0 Å². The fourth-order valence-corrected chi connectivity index (χ4v) is 3.04. The first-order valence-corrected chi connectivity index (χ1v) is 7.29. The third-order valence-corrected chi connectivity index (χ3v) is 4.26. The summed E-state index contributed by atoms with van der Waals surface area (Å²) < 4.78 is 6.94. The second-order valence-corrected chi connectivity index (χ2v) is 6.05. The Labute approximate surface area is 136 Å². The van der Waals surface area contributed by atoms with Crippen LogP contribution in [0.4, 0.5) is 5.82 Å². The van der Waals surface area contributed by atoms with Crippen LogP contribution in [-0.4, -0.2) is 60.2 Å². The largest absolute Gasteiger partial charge is 0.394 e. The molecular formula is C14H19N5O5. The van der Waals surface area contributed by atoms with Crippen LogP contribution in [-0.2, 0) is 4.74 Å². The number of ether oxygens (including phenoxy) is 1. The third-order valence-electron chi connectivity index (χ3n) is 4.26. The summed E-state index contributed by atoms with van der Waals surface area (Å²) in [5.74, 6) is -0.316. The molecule has 0 aromatic carbocycles. The molecule has 0 saturated carbocycles. The van der Waals surface area contributed by atoms with E-state index in [2.05, 4.69) is 9.97 Å². The van der Waals surface area contributed by atoms with E-state index >= 15 is 0 Å². The van der Waals surface area contributed by atoms with E-state index in [0.29, 0.717) is 5.82 Å². The normalized spacial score (nSPS) is 30.1. The van der Waals surface area contributed by atoms with Gasteiger partial charge >= 0.3 is 0 Å². The van der Waals surface area contributed by atoms with Crippen LogP contribution >= 0.6 is 0 Å². The number of amides is 1. The van der Waals surface area contributed by atoms with E-state index < -0.39 is 36.6 Å². The van der Waals surface area contributed by atoms with Crippen LogP contribution in [0.2, 0.25) is 0 Å². The highest BCUT2D eigenvalue weighted by molar-refractivity contribution is 6.08. The summed E-state index contributed by atoms with van der Waals surface area (Å²) in [4.78, 5) is 20.0. The van der Waals surface area contributed by atoms with Gasteiger partial charge in [0.05, 0.1) is 17.6 Å². The Morgan fingerprint density at radius 3 is 2.71 bits per heavy atom. The van der Waals surface area contributed by atoms with E-state index in [1.165, 1.54) is 17.7 Å². The van der Waals surface area contributed by atoms with Crippen molar-refractivity contribution in [3.63, 3.8) is 0 Å². The van der Waals surface area contributed by atoms with Crippen LogP contribution in [0, 0.1) is 6.92 Å². The topological polar surface area (TPSA) is 170 Å². The number of aromatic nitrogens is 3. The molecule has 1 saturated heterocycles. The molecule has 0 aliphatic carbocycles. The van der Waals surface area contributed by atoms with Gasteiger partial charge in [-0.3, -0.25) is 4.79 Å². The van der Waals surface area contributed by atoms with Crippen molar-refractivity contribution in [2.75, 3.05) is 12.3 Å². The molecule has 1 aliphatic rings. The Hall–Kier alpha value is -2.27. The molecule has 2 aromatic heterocycles. The number of aryl methyl sites for hydroxylation is 1. The summed E-state index contributed by atoms with van der Waals surface area (Å²) in [7, 11) is 0. The predicted octanol–water partition coefficient (Wildman–Crippen LogP) is -1.58. The Balaban J connectivity index is 2.25. The number of aliphatic hydroxyl groups excluding tert-OH is 2. The Morgan fingerprint density at radius 1 is 1.50 bits per heavy atom. The fourth-order valence-electron chi connectivity index (χ4n) is 3.04. The average molecular weight is 337 g/mol. The highest BCUT2D eigenvalue weighted by Gasteiger charge is 2.53. The molecule has 3 heterocycles. The number of rotatable bonds is 3. The van der Waals surface area contributed by atoms with Crippen molar-refractivity contribution < 1.29 is 24.9 Å². The summed E-state index contributed by atoms with van der Waals surface area (Å²) in [5.41, 5.74) is 9.86. The number of aliphatic hydroxyl groups is 3. The van der Waals surface area contributed by atoms with E-state index in [9.17, 15) is 20.1 Å². The van der Waals surface area contributed by atoms with Gasteiger partial charge in [0.15, 0.2) is 6.23 Å². The smallest absolute Gasteiger partial charge is 0.251 e. The maximum atomic E-state index is 11.7. The number of nitrogen functional groups attached to an aromatic ring is 1. The summed E-state index contributed by atoms with van der Waals surface area (Å²) in [6.07, 6.45) is -2.07. The van der Waals surface area contributed by atoms with E-state index in [0.717, 1.165) is 0 Å². The quantitative estimate of drug-likeness (QED) is 0.447. The third kappa shape index (κ3) is 2.23. The van der Waals surface area contributed by atoms with Gasteiger partial charge in [-0.1, -0.05) is 0 Å². The summed E-state index contributed by atoms with van der Waals surface area (Å²) >= 11 is 0. The highest BCUT2D eigenvalue weighted by atomic mass is 16.6. The number of hydrogen-bond donors (Lipinski definition) is 5. The zero-order valence-electron chi connectivity index (χ0n) is 13.2. The zero-order valence-corrected chi connectivity index (χ0v) is 13.2. The number of primary amides is 1. The summed E-state index contributed by atoms with van der Waals surface area (Å²) in [5, 5.41) is 30.3. The lowest BCUT2D eigenvalue weighted by atomic mass is 9.96. The number of fused-ring (bicyclic) bond motifs is 1. The predicted molar refractivity (Wildman–Crippen MR) is 82.8 cm³/mol. The number of nitrogens with two attached hydrogens (primary N) is 2. The van der Waals surface area contributed by atoms with Crippen molar-refractivity contribution in [2.45, 2.75) is 37.9 Å². The maximum absolute atomic E-state index is 11.7. The SMILES string of the molecule is Cc1nc(N)c2c(C(N)=O)cn([C@@H]3O[C@H](CO)[C@@H](O)[C@@]3(C)O)c2n1. The monoisotopic (exact) mass is 337 g/mol. The maximum Gasteiger partial charge on any atom is 0.251 e. The number of carbonyl (C=O) groups is 1. The Kier molecular flexibility index (Phi) is 3.72. The molecule has 10 nitrogen and oxygen atoms in total. The molecule has 4 atom stereocenters. The zero-order chi connectivity index (χ0) is 17.8. The minimum absolute atomic E-state index is 0.0712. The van der Waals surface area contributed by atoms with Crippen LogP contribution in [0.25, 0.3) is 11.0 Å². The van der Waals surface area contributed by atoms with Crippen molar-refractivity contribution in [3.8, 4) is 0 Å². The lowest BCUT2D eigenvalue weighted by molar-refractivity contribution is -0.0948. The van der Waals surface area contributed by atoms with Gasteiger partial charge in [0.1, 0.15) is 35.1 Å². The molecule has 1 fully saturated rings. The molecule has 0 unspecified atom stereocenters. The molecule has 2 aromatic rings. The van der Waals surface area contributed by atoms with Gasteiger partial charge in [0.2, 0.25) is 0 Å². The standard InChI is InChI=1S/C14H19N5O5/c1-5-17-10(15)8-6(11(16)22)3-19(12(8)18-5)13-14(2,23)9(21)7(4-20)24-13/h3,7,9,13,20-21,23H,4H2,1-2H3,(H2,16,22)(H2,15,17,18)/t7-,9-,13-,14-/m1/s1. The average Bonchev–Trinajstić information content (AvgIpc) is 2.96. The first kappa shape index (κ1) is 16.6. The summed E-state index contributed by atoms with van der Waals surface area (Å²) in [6.45, 7) is 2.51. The number of anilines is 1. The number of nitrogens with zero attached hydrogens (tertiary/aromatic N) is 3. The lowest BCUT2D eigenvalue weighted by Crippen LogP contribution is -2.44. The van der Waals surface area contributed by atoms with E-state index in [1.54, 1.807) is 6.92 Å². The van der Waals surface area contributed by atoms with Crippen LogP contribution in [0.15, 0.2) is 6.20 Å². The molecule has 0 bridgehead atoms. The molecular weight excluding hydrogens is 318 g/mol. The molecule has 3 rings (SSSR count). The molecule has 10 heteroatoms. The van der Waals surface area contributed by atoms with Crippen LogP contribution in [0.5, 0.6) is 0 Å². The van der Waals surface area contributed by atoms with Crippen LogP contribution in [0.1, 0.15) is 29.3 Å². The molecule has 7 N–H and O–H groups in total. The van der Waals surface area contributed by atoms with Crippen molar-refractivity contribution in [1.82, 2.24) is 14.5 Å².